The van der Waals surface area contributed by atoms with E-state index in [1.165, 1.54) is 0 Å². The molecule has 1 fully saturated rings. The topological polar surface area (TPSA) is 26.3 Å². The van der Waals surface area contributed by atoms with Gasteiger partial charge in [-0.05, 0) is 12.8 Å². The first-order valence-electron chi connectivity index (χ1n) is 2.98. The van der Waals surface area contributed by atoms with Crippen molar-refractivity contribution >= 4 is 5.97 Å². The Bertz CT molecular complexity index is 155. The van der Waals surface area contributed by atoms with Crippen LogP contribution in [0.2, 0.25) is 0 Å². The summed E-state index contributed by atoms with van der Waals surface area (Å²) in [6, 6.07) is 0. The van der Waals surface area contributed by atoms with E-state index in [9.17, 15) is 4.79 Å². The molecule has 1 aliphatic rings. The summed E-state index contributed by atoms with van der Waals surface area (Å²) in [5, 5.41) is 0. The second-order valence-electron chi connectivity index (χ2n) is 2.04. The van der Waals surface area contributed by atoms with Crippen LogP contribution in [0.4, 0.5) is 0 Å². The SMILES string of the molecule is C#CC1CCCC(=O)O1. The molecule has 0 aromatic carbocycles. The van der Waals surface area contributed by atoms with Crippen molar-refractivity contribution in [3.8, 4) is 12.3 Å². The van der Waals surface area contributed by atoms with Crippen molar-refractivity contribution in [1.82, 2.24) is 0 Å². The van der Waals surface area contributed by atoms with E-state index in [-0.39, 0.29) is 12.1 Å². The van der Waals surface area contributed by atoms with Crippen molar-refractivity contribution in [2.45, 2.75) is 25.4 Å². The molecule has 0 aromatic rings. The third kappa shape index (κ3) is 1.46. The second-order valence-corrected chi connectivity index (χ2v) is 2.04. The predicted molar refractivity (Wildman–Crippen MR) is 32.6 cm³/mol. The van der Waals surface area contributed by atoms with Crippen molar-refractivity contribution in [3.63, 3.8) is 0 Å². The van der Waals surface area contributed by atoms with Crippen molar-refractivity contribution in [1.29, 1.82) is 0 Å². The van der Waals surface area contributed by atoms with Gasteiger partial charge in [-0.25, -0.2) is 0 Å². The average molecular weight is 124 g/mol. The van der Waals surface area contributed by atoms with Gasteiger partial charge >= 0.3 is 5.97 Å². The Morgan fingerprint density at radius 3 is 3.00 bits per heavy atom. The largest absolute Gasteiger partial charge is 0.449 e. The van der Waals surface area contributed by atoms with Crippen LogP contribution >= 0.6 is 0 Å². The molecule has 1 rings (SSSR count). The number of rotatable bonds is 0. The molecule has 0 aromatic heterocycles. The van der Waals surface area contributed by atoms with Crippen LogP contribution in [0.3, 0.4) is 0 Å². The fraction of sp³-hybridized carbons (Fsp3) is 0.571. The van der Waals surface area contributed by atoms with Crippen LogP contribution in [0.5, 0.6) is 0 Å². The first kappa shape index (κ1) is 6.15. The first-order valence-corrected chi connectivity index (χ1v) is 2.98. The van der Waals surface area contributed by atoms with E-state index >= 15 is 0 Å². The molecule has 1 saturated heterocycles. The Labute approximate surface area is 54.2 Å². The van der Waals surface area contributed by atoms with Crippen LogP contribution < -0.4 is 0 Å². The van der Waals surface area contributed by atoms with E-state index in [1.807, 2.05) is 0 Å². The maximum Gasteiger partial charge on any atom is 0.307 e. The van der Waals surface area contributed by atoms with Gasteiger partial charge in [0.1, 0.15) is 0 Å². The molecule has 2 nitrogen and oxygen atoms in total. The number of carbonyl (C=O) groups is 1. The van der Waals surface area contributed by atoms with Gasteiger partial charge in [-0.2, -0.15) is 0 Å². The Hall–Kier alpha value is -0.970. The Morgan fingerprint density at radius 2 is 2.56 bits per heavy atom. The van der Waals surface area contributed by atoms with E-state index in [4.69, 9.17) is 11.2 Å². The number of ether oxygens (including phenoxy) is 1. The van der Waals surface area contributed by atoms with Crippen LogP contribution in [0.25, 0.3) is 0 Å². The maximum atomic E-state index is 10.5. The van der Waals surface area contributed by atoms with Crippen LogP contribution in [0.1, 0.15) is 19.3 Å². The summed E-state index contributed by atoms with van der Waals surface area (Å²) in [4.78, 5) is 10.5. The van der Waals surface area contributed by atoms with Crippen LogP contribution in [0.15, 0.2) is 0 Å². The Morgan fingerprint density at radius 1 is 1.78 bits per heavy atom. The van der Waals surface area contributed by atoms with Gasteiger partial charge in [-0.1, -0.05) is 5.92 Å². The monoisotopic (exact) mass is 124 g/mol. The zero-order valence-corrected chi connectivity index (χ0v) is 5.09. The summed E-state index contributed by atoms with van der Waals surface area (Å²) in [5.74, 6) is 2.23. The molecule has 1 atom stereocenters. The lowest BCUT2D eigenvalue weighted by Crippen LogP contribution is -2.21. The van der Waals surface area contributed by atoms with Crippen molar-refractivity contribution in [2.75, 3.05) is 0 Å². The van der Waals surface area contributed by atoms with Crippen LogP contribution in [0, 0.1) is 12.3 Å². The molecule has 1 unspecified atom stereocenters. The van der Waals surface area contributed by atoms with E-state index in [2.05, 4.69) is 5.92 Å². The molecule has 0 amide bonds. The van der Waals surface area contributed by atoms with Gasteiger partial charge < -0.3 is 4.74 Å². The lowest BCUT2D eigenvalue weighted by Gasteiger charge is -2.16. The van der Waals surface area contributed by atoms with Gasteiger partial charge in [-0.15, -0.1) is 6.42 Å². The molecule has 0 saturated carbocycles. The third-order valence-corrected chi connectivity index (χ3v) is 1.31. The first-order chi connectivity index (χ1) is 4.33. The molecule has 0 radical (unpaired) electrons. The highest BCUT2D eigenvalue weighted by Gasteiger charge is 2.17. The molecule has 48 valence electrons. The smallest absolute Gasteiger partial charge is 0.307 e. The van der Waals surface area contributed by atoms with E-state index < -0.39 is 0 Å². The normalized spacial score (nSPS) is 26.6. The van der Waals surface area contributed by atoms with Gasteiger partial charge in [0.15, 0.2) is 6.10 Å². The van der Waals surface area contributed by atoms with E-state index in [0.717, 1.165) is 12.8 Å². The zero-order chi connectivity index (χ0) is 6.69. The van der Waals surface area contributed by atoms with E-state index in [0.29, 0.717) is 6.42 Å². The summed E-state index contributed by atoms with van der Waals surface area (Å²) in [6.45, 7) is 0. The lowest BCUT2D eigenvalue weighted by atomic mass is 10.1. The molecular weight excluding hydrogens is 116 g/mol. The number of hydrogen-bond acceptors (Lipinski definition) is 2. The summed E-state index contributed by atoms with van der Waals surface area (Å²) in [6.07, 6.45) is 7.00. The molecular formula is C7H8O2. The quantitative estimate of drug-likeness (QED) is 0.351. The highest BCUT2D eigenvalue weighted by atomic mass is 16.5. The van der Waals surface area contributed by atoms with Crippen LogP contribution in [-0.4, -0.2) is 12.1 Å². The average Bonchev–Trinajstić information content (AvgIpc) is 1.88. The van der Waals surface area contributed by atoms with Gasteiger partial charge in [-0.3, -0.25) is 4.79 Å². The van der Waals surface area contributed by atoms with Gasteiger partial charge in [0.25, 0.3) is 0 Å². The highest BCUT2D eigenvalue weighted by Crippen LogP contribution is 2.12. The predicted octanol–water partition coefficient (Wildman–Crippen LogP) is 0.715. The minimum atomic E-state index is -0.258. The number of hydrogen-bond donors (Lipinski definition) is 0. The van der Waals surface area contributed by atoms with Gasteiger partial charge in [0, 0.05) is 6.42 Å². The molecule has 9 heavy (non-hydrogen) atoms. The summed E-state index contributed by atoms with van der Waals surface area (Å²) in [5.41, 5.74) is 0. The Balaban J connectivity index is 2.43. The van der Waals surface area contributed by atoms with Crippen molar-refractivity contribution in [2.24, 2.45) is 0 Å². The fourth-order valence-electron chi connectivity index (χ4n) is 0.826. The van der Waals surface area contributed by atoms with Crippen LogP contribution in [-0.2, 0) is 9.53 Å². The third-order valence-electron chi connectivity index (χ3n) is 1.31. The highest BCUT2D eigenvalue weighted by molar-refractivity contribution is 5.70. The maximum absolute atomic E-state index is 10.5. The summed E-state index contributed by atoms with van der Waals surface area (Å²) < 4.78 is 4.76. The number of terminal acetylenes is 1. The molecule has 0 N–H and O–H groups in total. The van der Waals surface area contributed by atoms with E-state index in [1.54, 1.807) is 0 Å². The summed E-state index contributed by atoms with van der Waals surface area (Å²) >= 11 is 0. The molecule has 0 spiro atoms. The number of carbonyl (C=O) groups excluding carboxylic acids is 1. The van der Waals surface area contributed by atoms with Gasteiger partial charge in [0.2, 0.25) is 0 Å². The van der Waals surface area contributed by atoms with Crippen molar-refractivity contribution in [3.05, 3.63) is 0 Å². The van der Waals surface area contributed by atoms with Crippen molar-refractivity contribution < 1.29 is 9.53 Å². The minimum Gasteiger partial charge on any atom is -0.449 e. The lowest BCUT2D eigenvalue weighted by molar-refractivity contribution is -0.150. The standard InChI is InChI=1S/C7H8O2/c1-2-6-4-3-5-7(8)9-6/h1,6H,3-5H2. The van der Waals surface area contributed by atoms with Gasteiger partial charge in [0.05, 0.1) is 0 Å². The minimum absolute atomic E-state index is 0.163. The molecule has 2 heteroatoms. The number of cyclic esters (lactones) is 1. The molecule has 0 aliphatic carbocycles. The number of esters is 1. The zero-order valence-electron chi connectivity index (χ0n) is 5.09. The molecule has 1 heterocycles. The second kappa shape index (κ2) is 2.54. The molecule has 1 aliphatic heterocycles. The molecule has 0 bridgehead atoms. The Kier molecular flexibility index (Phi) is 1.74. The fourth-order valence-corrected chi connectivity index (χ4v) is 0.826. The summed E-state index contributed by atoms with van der Waals surface area (Å²) in [7, 11) is 0.